The molecule has 0 bridgehead atoms. The molecule has 8 N–H and O–H groups in total. The Hall–Kier alpha value is -2.57. The lowest BCUT2D eigenvalue weighted by Crippen LogP contribution is -2.48. The molecular weight excluding hydrogens is 360 g/mol. The first-order valence-corrected chi connectivity index (χ1v) is 8.43. The minimum absolute atomic E-state index is 0.0304. The van der Waals surface area contributed by atoms with Crippen molar-refractivity contribution in [3.05, 3.63) is 11.7 Å². The summed E-state index contributed by atoms with van der Waals surface area (Å²) < 4.78 is 5.01. The first-order valence-electron chi connectivity index (χ1n) is 8.43. The molecule has 2 amide bonds. The van der Waals surface area contributed by atoms with E-state index in [-0.39, 0.29) is 30.6 Å². The summed E-state index contributed by atoms with van der Waals surface area (Å²) >= 11 is 0. The molecule has 152 valence electrons. The molecule has 0 fully saturated rings. The predicted molar refractivity (Wildman–Crippen MR) is 91.9 cm³/mol. The van der Waals surface area contributed by atoms with Crippen molar-refractivity contribution in [2.45, 2.75) is 44.8 Å². The van der Waals surface area contributed by atoms with Gasteiger partial charge in [0.05, 0.1) is 31.7 Å². The molecule has 0 aliphatic carbocycles. The maximum absolute atomic E-state index is 12.1. The van der Waals surface area contributed by atoms with Crippen LogP contribution in [0.2, 0.25) is 0 Å². The van der Waals surface area contributed by atoms with Gasteiger partial charge in [-0.3, -0.25) is 14.9 Å². The minimum atomic E-state index is -1.13. The molecule has 0 aliphatic heterocycles. The van der Waals surface area contributed by atoms with Gasteiger partial charge in [-0.2, -0.15) is 4.98 Å². The fourth-order valence-electron chi connectivity index (χ4n) is 2.19. The molecule has 27 heavy (non-hydrogen) atoms. The number of aliphatic hydroxyl groups is 1. The van der Waals surface area contributed by atoms with Crippen molar-refractivity contribution in [3.8, 4) is 0 Å². The second-order valence-electron chi connectivity index (χ2n) is 6.15. The highest BCUT2D eigenvalue weighted by Gasteiger charge is 2.27. The number of amides is 2. The third kappa shape index (κ3) is 6.92. The van der Waals surface area contributed by atoms with Crippen LogP contribution in [-0.2, 0) is 14.4 Å². The predicted octanol–water partition coefficient (Wildman–Crippen LogP) is -1.82. The Bertz CT molecular complexity index is 650. The van der Waals surface area contributed by atoms with Gasteiger partial charge >= 0.3 is 5.97 Å². The van der Waals surface area contributed by atoms with E-state index in [1.54, 1.807) is 6.92 Å². The molecule has 12 nitrogen and oxygen atoms in total. The van der Waals surface area contributed by atoms with Crippen molar-refractivity contribution in [3.63, 3.8) is 0 Å². The third-order valence-electron chi connectivity index (χ3n) is 3.99. The van der Waals surface area contributed by atoms with Crippen LogP contribution in [0.3, 0.4) is 0 Å². The molecule has 0 aromatic carbocycles. The van der Waals surface area contributed by atoms with Crippen molar-refractivity contribution in [1.82, 2.24) is 20.8 Å². The monoisotopic (exact) mass is 386 g/mol. The van der Waals surface area contributed by atoms with Gasteiger partial charge in [-0.15, -0.1) is 0 Å². The SMILES string of the molecule is CCC(C)[C@H](NC(=O)CN[C@@H](CC(N)=O)c1nc([C@@H](N)CO)no1)C(=O)O. The smallest absolute Gasteiger partial charge is 0.326 e. The second-order valence-corrected chi connectivity index (χ2v) is 6.15. The number of carbonyl (C=O) groups excluding carboxylic acids is 2. The van der Waals surface area contributed by atoms with Crippen LogP contribution in [0.15, 0.2) is 4.52 Å². The largest absolute Gasteiger partial charge is 0.480 e. The quantitative estimate of drug-likeness (QED) is 0.237. The van der Waals surface area contributed by atoms with Crippen molar-refractivity contribution >= 4 is 17.8 Å². The number of carboxylic acids is 1. The van der Waals surface area contributed by atoms with E-state index in [1.807, 2.05) is 6.92 Å². The number of carboxylic acid groups (broad SMARTS) is 1. The molecule has 1 rings (SSSR count). The molecule has 4 atom stereocenters. The number of hydrogen-bond acceptors (Lipinski definition) is 9. The Morgan fingerprint density at radius 3 is 2.52 bits per heavy atom. The number of aliphatic hydroxyl groups excluding tert-OH is 1. The van der Waals surface area contributed by atoms with Gasteiger partial charge in [-0.25, -0.2) is 4.79 Å². The van der Waals surface area contributed by atoms with Crippen molar-refractivity contribution in [2.75, 3.05) is 13.2 Å². The Morgan fingerprint density at radius 1 is 1.33 bits per heavy atom. The number of carbonyl (C=O) groups is 3. The molecule has 0 aliphatic rings. The van der Waals surface area contributed by atoms with Crippen LogP contribution in [0.5, 0.6) is 0 Å². The zero-order valence-electron chi connectivity index (χ0n) is 15.2. The second kappa shape index (κ2) is 10.5. The average Bonchev–Trinajstić information content (AvgIpc) is 3.11. The number of aromatic nitrogens is 2. The van der Waals surface area contributed by atoms with E-state index in [2.05, 4.69) is 20.8 Å². The summed E-state index contributed by atoms with van der Waals surface area (Å²) in [5.74, 6) is -2.64. The van der Waals surface area contributed by atoms with Crippen LogP contribution in [0.4, 0.5) is 0 Å². The van der Waals surface area contributed by atoms with Gasteiger partial charge in [0, 0.05) is 0 Å². The van der Waals surface area contributed by atoms with E-state index in [0.717, 1.165) is 0 Å². The van der Waals surface area contributed by atoms with Crippen LogP contribution < -0.4 is 22.1 Å². The summed E-state index contributed by atoms with van der Waals surface area (Å²) in [6, 6.07) is -2.75. The Morgan fingerprint density at radius 2 is 2.00 bits per heavy atom. The molecule has 1 aromatic heterocycles. The zero-order chi connectivity index (χ0) is 20.6. The highest BCUT2D eigenvalue weighted by molar-refractivity contribution is 5.85. The fourth-order valence-corrected chi connectivity index (χ4v) is 2.19. The molecule has 12 heteroatoms. The number of nitrogens with two attached hydrogens (primary N) is 2. The summed E-state index contributed by atoms with van der Waals surface area (Å²) in [6.07, 6.45) is 0.335. The first-order chi connectivity index (χ1) is 12.7. The van der Waals surface area contributed by atoms with Gasteiger partial charge in [0.1, 0.15) is 6.04 Å². The van der Waals surface area contributed by atoms with E-state index >= 15 is 0 Å². The molecule has 0 saturated carbocycles. The van der Waals surface area contributed by atoms with Crippen LogP contribution in [-0.4, -0.2) is 57.3 Å². The normalized spacial score (nSPS) is 15.6. The standard InChI is InChI=1S/C15H26N6O6/c1-3-7(2)12(15(25)26)19-11(24)5-18-9(4-10(17)23)14-20-13(21-27-14)8(16)6-22/h7-9,12,18,22H,3-6,16H2,1-2H3,(H2,17,23)(H,19,24)(H,25,26)/t7?,8-,9-,12-/m0/s1. The maximum Gasteiger partial charge on any atom is 0.326 e. The summed E-state index contributed by atoms with van der Waals surface area (Å²) in [7, 11) is 0. The molecule has 1 aromatic rings. The summed E-state index contributed by atoms with van der Waals surface area (Å²) in [5.41, 5.74) is 10.8. The van der Waals surface area contributed by atoms with E-state index < -0.39 is 42.5 Å². The lowest BCUT2D eigenvalue weighted by atomic mass is 9.99. The topological polar surface area (TPSA) is 207 Å². The van der Waals surface area contributed by atoms with E-state index in [1.165, 1.54) is 0 Å². The van der Waals surface area contributed by atoms with E-state index in [0.29, 0.717) is 6.42 Å². The van der Waals surface area contributed by atoms with E-state index in [4.69, 9.17) is 21.1 Å². The van der Waals surface area contributed by atoms with Gasteiger partial charge < -0.3 is 31.5 Å². The Balaban J connectivity index is 2.77. The van der Waals surface area contributed by atoms with Gasteiger partial charge in [-0.05, 0) is 5.92 Å². The van der Waals surface area contributed by atoms with Crippen LogP contribution in [0.1, 0.15) is 50.5 Å². The van der Waals surface area contributed by atoms with Gasteiger partial charge in [-0.1, -0.05) is 25.4 Å². The lowest BCUT2D eigenvalue weighted by molar-refractivity contribution is -0.143. The van der Waals surface area contributed by atoms with Crippen molar-refractivity contribution < 1.29 is 29.1 Å². The Kier molecular flexibility index (Phi) is 8.78. The van der Waals surface area contributed by atoms with Crippen molar-refractivity contribution in [2.24, 2.45) is 17.4 Å². The van der Waals surface area contributed by atoms with Gasteiger partial charge in [0.15, 0.2) is 5.82 Å². The molecule has 0 spiro atoms. The van der Waals surface area contributed by atoms with E-state index in [9.17, 15) is 19.5 Å². The lowest BCUT2D eigenvalue weighted by Gasteiger charge is -2.21. The number of nitrogens with zero attached hydrogens (tertiary/aromatic N) is 2. The van der Waals surface area contributed by atoms with Crippen molar-refractivity contribution in [1.29, 1.82) is 0 Å². The highest BCUT2D eigenvalue weighted by Crippen LogP contribution is 2.16. The average molecular weight is 386 g/mol. The van der Waals surface area contributed by atoms with Crippen LogP contribution >= 0.6 is 0 Å². The maximum atomic E-state index is 12.1. The zero-order valence-corrected chi connectivity index (χ0v) is 15.2. The Labute approximate surface area is 155 Å². The molecule has 1 heterocycles. The van der Waals surface area contributed by atoms with Gasteiger partial charge in [0.25, 0.3) is 0 Å². The molecular formula is C15H26N6O6. The molecule has 0 radical (unpaired) electrons. The summed E-state index contributed by atoms with van der Waals surface area (Å²) in [5, 5.41) is 27.0. The minimum Gasteiger partial charge on any atom is -0.480 e. The summed E-state index contributed by atoms with van der Waals surface area (Å²) in [6.45, 7) is 2.83. The number of hydrogen-bond donors (Lipinski definition) is 6. The number of aliphatic carboxylic acids is 1. The van der Waals surface area contributed by atoms with Crippen LogP contribution in [0, 0.1) is 5.92 Å². The summed E-state index contributed by atoms with van der Waals surface area (Å²) in [4.78, 5) is 38.6. The first kappa shape index (κ1) is 22.5. The molecule has 0 saturated heterocycles. The number of primary amides is 1. The third-order valence-corrected chi connectivity index (χ3v) is 3.99. The fraction of sp³-hybridized carbons (Fsp3) is 0.667. The van der Waals surface area contributed by atoms with Crippen LogP contribution in [0.25, 0.3) is 0 Å². The van der Waals surface area contributed by atoms with Gasteiger partial charge in [0.2, 0.25) is 17.7 Å². The molecule has 1 unspecified atom stereocenters. The highest BCUT2D eigenvalue weighted by atomic mass is 16.5. The number of nitrogens with one attached hydrogen (secondary N) is 2. The number of rotatable bonds is 12.